The third-order valence-electron chi connectivity index (χ3n) is 2.70. The molecule has 0 unspecified atom stereocenters. The number of ether oxygens (including phenoxy) is 1. The largest absolute Gasteiger partial charge is 0.378 e. The van der Waals surface area contributed by atoms with Crippen LogP contribution in [0.1, 0.15) is 16.1 Å². The highest BCUT2D eigenvalue weighted by molar-refractivity contribution is 5.97. The predicted octanol–water partition coefficient (Wildman–Crippen LogP) is -0.170. The number of anilines is 1. The molecule has 3 N–H and O–H groups in total. The van der Waals surface area contributed by atoms with Crippen molar-refractivity contribution >= 4 is 11.6 Å². The van der Waals surface area contributed by atoms with Crippen LogP contribution in [0.25, 0.3) is 0 Å². The Hall–Kier alpha value is -1.66. The Kier molecular flexibility index (Phi) is 3.55. The summed E-state index contributed by atoms with van der Waals surface area (Å²) in [6, 6.07) is 1.95. The van der Waals surface area contributed by atoms with Crippen molar-refractivity contribution in [3.63, 3.8) is 0 Å². The van der Waals surface area contributed by atoms with Crippen LogP contribution in [0.2, 0.25) is 0 Å². The molecule has 92 valence electrons. The SMILES string of the molecule is Cc1cnc(C(=O)NN)c(N2CCOCC2)c1. The van der Waals surface area contributed by atoms with Crippen molar-refractivity contribution in [2.24, 2.45) is 5.84 Å². The number of carbonyl (C=O) groups is 1. The van der Waals surface area contributed by atoms with E-state index in [1.54, 1.807) is 6.20 Å². The summed E-state index contributed by atoms with van der Waals surface area (Å²) >= 11 is 0. The Morgan fingerprint density at radius 2 is 2.24 bits per heavy atom. The molecular formula is C11H16N4O2. The molecule has 0 spiro atoms. The van der Waals surface area contributed by atoms with Gasteiger partial charge in [0.1, 0.15) is 0 Å². The minimum atomic E-state index is -0.369. The zero-order chi connectivity index (χ0) is 12.3. The lowest BCUT2D eigenvalue weighted by atomic mass is 10.2. The molecule has 0 aromatic carbocycles. The number of amides is 1. The van der Waals surface area contributed by atoms with Crippen LogP contribution in [0.3, 0.4) is 0 Å². The number of morpholine rings is 1. The van der Waals surface area contributed by atoms with Crippen LogP contribution < -0.4 is 16.2 Å². The van der Waals surface area contributed by atoms with Crippen molar-refractivity contribution in [1.82, 2.24) is 10.4 Å². The van der Waals surface area contributed by atoms with Crippen molar-refractivity contribution in [3.05, 3.63) is 23.5 Å². The van der Waals surface area contributed by atoms with Gasteiger partial charge in [0, 0.05) is 19.3 Å². The molecule has 1 amide bonds. The second-order valence-electron chi connectivity index (χ2n) is 3.95. The van der Waals surface area contributed by atoms with Crippen LogP contribution in [0.4, 0.5) is 5.69 Å². The van der Waals surface area contributed by atoms with E-state index in [4.69, 9.17) is 10.6 Å². The molecule has 6 heteroatoms. The van der Waals surface area contributed by atoms with E-state index >= 15 is 0 Å². The highest BCUT2D eigenvalue weighted by Gasteiger charge is 2.19. The first-order valence-corrected chi connectivity index (χ1v) is 5.52. The lowest BCUT2D eigenvalue weighted by molar-refractivity contribution is 0.0947. The lowest BCUT2D eigenvalue weighted by Gasteiger charge is -2.30. The molecule has 0 saturated carbocycles. The third-order valence-corrected chi connectivity index (χ3v) is 2.70. The van der Waals surface area contributed by atoms with Gasteiger partial charge in [-0.15, -0.1) is 0 Å². The molecule has 0 radical (unpaired) electrons. The van der Waals surface area contributed by atoms with Crippen molar-refractivity contribution in [2.45, 2.75) is 6.92 Å². The van der Waals surface area contributed by atoms with Crippen molar-refractivity contribution < 1.29 is 9.53 Å². The quantitative estimate of drug-likeness (QED) is 0.423. The Balaban J connectivity index is 2.35. The zero-order valence-corrected chi connectivity index (χ0v) is 9.77. The van der Waals surface area contributed by atoms with E-state index in [9.17, 15) is 4.79 Å². The van der Waals surface area contributed by atoms with Crippen LogP contribution in [0.5, 0.6) is 0 Å². The zero-order valence-electron chi connectivity index (χ0n) is 9.77. The van der Waals surface area contributed by atoms with E-state index < -0.39 is 0 Å². The van der Waals surface area contributed by atoms with Gasteiger partial charge in [-0.05, 0) is 18.6 Å². The highest BCUT2D eigenvalue weighted by atomic mass is 16.5. The first-order valence-electron chi connectivity index (χ1n) is 5.52. The number of hydrogen-bond acceptors (Lipinski definition) is 5. The Morgan fingerprint density at radius 3 is 2.88 bits per heavy atom. The molecule has 1 aliphatic heterocycles. The van der Waals surface area contributed by atoms with Gasteiger partial charge >= 0.3 is 0 Å². The van der Waals surface area contributed by atoms with Gasteiger partial charge < -0.3 is 9.64 Å². The number of rotatable bonds is 2. The fourth-order valence-corrected chi connectivity index (χ4v) is 1.84. The van der Waals surface area contributed by atoms with Crippen LogP contribution >= 0.6 is 0 Å². The maximum atomic E-state index is 11.6. The summed E-state index contributed by atoms with van der Waals surface area (Å²) in [5, 5.41) is 0. The van der Waals surface area contributed by atoms with Gasteiger partial charge in [-0.1, -0.05) is 0 Å². The molecule has 0 aliphatic carbocycles. The fourth-order valence-electron chi connectivity index (χ4n) is 1.84. The maximum absolute atomic E-state index is 11.6. The van der Waals surface area contributed by atoms with Crippen molar-refractivity contribution in [1.29, 1.82) is 0 Å². The van der Waals surface area contributed by atoms with Gasteiger partial charge in [0.2, 0.25) is 0 Å². The number of aromatic nitrogens is 1. The van der Waals surface area contributed by atoms with E-state index in [1.165, 1.54) is 0 Å². The number of nitrogen functional groups attached to an aromatic ring is 1. The van der Waals surface area contributed by atoms with Gasteiger partial charge in [0.25, 0.3) is 5.91 Å². The average Bonchev–Trinajstić information content (AvgIpc) is 2.39. The van der Waals surface area contributed by atoms with E-state index in [0.717, 1.165) is 24.3 Å². The minimum absolute atomic E-state index is 0.361. The molecule has 0 bridgehead atoms. The number of aryl methyl sites for hydroxylation is 1. The van der Waals surface area contributed by atoms with E-state index in [0.29, 0.717) is 18.9 Å². The number of hydrogen-bond donors (Lipinski definition) is 2. The second-order valence-corrected chi connectivity index (χ2v) is 3.95. The van der Waals surface area contributed by atoms with Crippen molar-refractivity contribution in [2.75, 3.05) is 31.2 Å². The monoisotopic (exact) mass is 236 g/mol. The summed E-state index contributed by atoms with van der Waals surface area (Å²) in [7, 11) is 0. The smallest absolute Gasteiger partial charge is 0.285 e. The number of carbonyl (C=O) groups excluding carboxylic acids is 1. The molecule has 1 aliphatic rings. The maximum Gasteiger partial charge on any atom is 0.285 e. The summed E-state index contributed by atoms with van der Waals surface area (Å²) < 4.78 is 5.29. The summed E-state index contributed by atoms with van der Waals surface area (Å²) in [6.45, 7) is 4.79. The topological polar surface area (TPSA) is 80.5 Å². The van der Waals surface area contributed by atoms with Crippen LogP contribution in [-0.4, -0.2) is 37.2 Å². The number of nitrogens with one attached hydrogen (secondary N) is 1. The standard InChI is InChI=1S/C11H16N4O2/c1-8-6-9(15-2-4-17-5-3-15)10(13-7-8)11(16)14-12/h6-7H,2-5,12H2,1H3,(H,14,16). The molecule has 0 atom stereocenters. The Labute approximate surface area is 99.7 Å². The molecule has 17 heavy (non-hydrogen) atoms. The van der Waals surface area contributed by atoms with Crippen LogP contribution in [0.15, 0.2) is 12.3 Å². The molecular weight excluding hydrogens is 220 g/mol. The van der Waals surface area contributed by atoms with Crippen LogP contribution in [-0.2, 0) is 4.74 Å². The predicted molar refractivity (Wildman–Crippen MR) is 63.7 cm³/mol. The fraction of sp³-hybridized carbons (Fsp3) is 0.455. The normalized spacial score (nSPS) is 15.8. The first kappa shape index (κ1) is 11.8. The first-order chi connectivity index (χ1) is 8.22. The summed E-state index contributed by atoms with van der Waals surface area (Å²) in [4.78, 5) is 17.9. The molecule has 1 aromatic rings. The van der Waals surface area contributed by atoms with Gasteiger partial charge in [0.05, 0.1) is 18.9 Å². The van der Waals surface area contributed by atoms with Gasteiger partial charge in [0.15, 0.2) is 5.69 Å². The summed E-state index contributed by atoms with van der Waals surface area (Å²) in [5.74, 6) is 4.79. The molecule has 1 saturated heterocycles. The molecule has 6 nitrogen and oxygen atoms in total. The second kappa shape index (κ2) is 5.11. The van der Waals surface area contributed by atoms with Gasteiger partial charge in [-0.2, -0.15) is 0 Å². The lowest BCUT2D eigenvalue weighted by Crippen LogP contribution is -2.39. The molecule has 2 heterocycles. The van der Waals surface area contributed by atoms with Gasteiger partial charge in [-0.25, -0.2) is 10.8 Å². The summed E-state index contributed by atoms with van der Waals surface area (Å²) in [5.41, 5.74) is 4.31. The summed E-state index contributed by atoms with van der Waals surface area (Å²) in [6.07, 6.45) is 1.66. The van der Waals surface area contributed by atoms with Crippen molar-refractivity contribution in [3.8, 4) is 0 Å². The molecule has 1 fully saturated rings. The number of nitrogens with two attached hydrogens (primary N) is 1. The number of nitrogens with zero attached hydrogens (tertiary/aromatic N) is 2. The van der Waals surface area contributed by atoms with Gasteiger partial charge in [-0.3, -0.25) is 10.2 Å². The van der Waals surface area contributed by atoms with E-state index in [2.05, 4.69) is 15.3 Å². The minimum Gasteiger partial charge on any atom is -0.378 e. The Bertz CT molecular complexity index is 416. The average molecular weight is 236 g/mol. The highest BCUT2D eigenvalue weighted by Crippen LogP contribution is 2.21. The van der Waals surface area contributed by atoms with E-state index in [-0.39, 0.29) is 5.91 Å². The molecule has 1 aromatic heterocycles. The van der Waals surface area contributed by atoms with E-state index in [1.807, 2.05) is 13.0 Å². The third kappa shape index (κ3) is 2.54. The Morgan fingerprint density at radius 1 is 1.53 bits per heavy atom. The number of hydrazine groups is 1. The molecule has 2 rings (SSSR count). The number of pyridine rings is 1. The van der Waals surface area contributed by atoms with Crippen LogP contribution in [0, 0.1) is 6.92 Å².